The molecule has 2 aromatic rings. The van der Waals surface area contributed by atoms with Crippen molar-refractivity contribution < 1.29 is 4.79 Å². The van der Waals surface area contributed by atoms with E-state index in [1.165, 1.54) is 0 Å². The zero-order valence-electron chi connectivity index (χ0n) is 12.0. The number of rotatable bonds is 4. The van der Waals surface area contributed by atoms with Crippen molar-refractivity contribution in [3.05, 3.63) is 35.2 Å². The maximum atomic E-state index is 10.6. The van der Waals surface area contributed by atoms with Gasteiger partial charge >= 0.3 is 0 Å². The lowest BCUT2D eigenvalue weighted by molar-refractivity contribution is -0.107. The van der Waals surface area contributed by atoms with Crippen LogP contribution in [0.1, 0.15) is 56.5 Å². The Morgan fingerprint density at radius 3 is 2.11 bits per heavy atom. The van der Waals surface area contributed by atoms with Gasteiger partial charge in [0.1, 0.15) is 6.29 Å². The minimum Gasteiger partial charge on any atom is -0.303 e. The molecule has 0 atom stereocenters. The van der Waals surface area contributed by atoms with Crippen LogP contribution in [0.15, 0.2) is 18.2 Å². The van der Waals surface area contributed by atoms with E-state index in [9.17, 15) is 4.79 Å². The zero-order chi connectivity index (χ0) is 14.0. The fourth-order valence-corrected chi connectivity index (χ4v) is 2.20. The van der Waals surface area contributed by atoms with E-state index in [-0.39, 0.29) is 0 Å². The Morgan fingerprint density at radius 2 is 1.58 bits per heavy atom. The largest absolute Gasteiger partial charge is 0.303 e. The molecule has 1 aromatic carbocycles. The van der Waals surface area contributed by atoms with Gasteiger partial charge in [0.05, 0.1) is 22.4 Å². The van der Waals surface area contributed by atoms with Gasteiger partial charge in [-0.2, -0.15) is 0 Å². The van der Waals surface area contributed by atoms with E-state index in [2.05, 4.69) is 27.7 Å². The van der Waals surface area contributed by atoms with Crippen LogP contribution in [0.25, 0.3) is 11.0 Å². The Labute approximate surface area is 114 Å². The smallest absolute Gasteiger partial charge is 0.124 e. The van der Waals surface area contributed by atoms with Crippen LogP contribution in [-0.2, 0) is 11.2 Å². The summed E-state index contributed by atoms with van der Waals surface area (Å²) in [6, 6.07) is 5.87. The molecule has 100 valence electrons. The molecule has 0 spiro atoms. The zero-order valence-corrected chi connectivity index (χ0v) is 12.0. The number of nitrogens with zero attached hydrogens (tertiary/aromatic N) is 2. The highest BCUT2D eigenvalue weighted by atomic mass is 16.1. The second kappa shape index (κ2) is 5.47. The molecule has 2 rings (SSSR count). The molecule has 0 aliphatic rings. The number of fused-ring (bicyclic) bond motifs is 1. The van der Waals surface area contributed by atoms with Crippen LogP contribution >= 0.6 is 0 Å². The molecule has 3 nitrogen and oxygen atoms in total. The van der Waals surface area contributed by atoms with Crippen molar-refractivity contribution in [2.75, 3.05) is 0 Å². The van der Waals surface area contributed by atoms with E-state index in [4.69, 9.17) is 9.97 Å². The third-order valence-electron chi connectivity index (χ3n) is 3.20. The van der Waals surface area contributed by atoms with Gasteiger partial charge in [-0.15, -0.1) is 0 Å². The summed E-state index contributed by atoms with van der Waals surface area (Å²) in [5, 5.41) is 0. The second-order valence-electron chi connectivity index (χ2n) is 5.50. The molecule has 0 unspecified atom stereocenters. The standard InChI is InChI=1S/C16H20N2O/c1-10(2)15-16(11(3)4)18-14-9-12(7-8-19)5-6-13(14)17-15/h5-6,8-11H,7H2,1-4H3. The average molecular weight is 256 g/mol. The van der Waals surface area contributed by atoms with E-state index in [1.54, 1.807) is 0 Å². The minimum atomic E-state index is 0.351. The second-order valence-corrected chi connectivity index (χ2v) is 5.50. The third-order valence-corrected chi connectivity index (χ3v) is 3.20. The molecule has 19 heavy (non-hydrogen) atoms. The monoisotopic (exact) mass is 256 g/mol. The number of benzene rings is 1. The summed E-state index contributed by atoms with van der Waals surface area (Å²) in [5.74, 6) is 0.716. The molecule has 0 bridgehead atoms. The molecule has 1 heterocycles. The van der Waals surface area contributed by atoms with Crippen molar-refractivity contribution in [2.45, 2.75) is 46.0 Å². The average Bonchev–Trinajstić information content (AvgIpc) is 2.37. The van der Waals surface area contributed by atoms with Crippen molar-refractivity contribution in [3.63, 3.8) is 0 Å². The fraction of sp³-hybridized carbons (Fsp3) is 0.438. The van der Waals surface area contributed by atoms with Gasteiger partial charge < -0.3 is 4.79 Å². The lowest BCUT2D eigenvalue weighted by atomic mass is 10.00. The van der Waals surface area contributed by atoms with Gasteiger partial charge in [-0.05, 0) is 29.5 Å². The molecular formula is C16H20N2O. The molecule has 0 N–H and O–H groups in total. The number of aromatic nitrogens is 2. The first kappa shape index (κ1) is 13.7. The van der Waals surface area contributed by atoms with Gasteiger partial charge in [0, 0.05) is 6.42 Å². The molecular weight excluding hydrogens is 236 g/mol. The van der Waals surface area contributed by atoms with Crippen LogP contribution in [-0.4, -0.2) is 16.3 Å². The Hall–Kier alpha value is -1.77. The van der Waals surface area contributed by atoms with Crippen LogP contribution in [0.5, 0.6) is 0 Å². The summed E-state index contributed by atoms with van der Waals surface area (Å²) < 4.78 is 0. The first-order valence-electron chi connectivity index (χ1n) is 6.77. The van der Waals surface area contributed by atoms with Crippen molar-refractivity contribution in [3.8, 4) is 0 Å². The Balaban J connectivity index is 2.63. The lowest BCUT2D eigenvalue weighted by Crippen LogP contribution is -2.06. The lowest BCUT2D eigenvalue weighted by Gasteiger charge is -2.15. The Morgan fingerprint density at radius 1 is 1.00 bits per heavy atom. The molecule has 1 aromatic heterocycles. The highest BCUT2D eigenvalue weighted by Crippen LogP contribution is 2.25. The Bertz CT molecular complexity index is 603. The predicted octanol–water partition coefficient (Wildman–Crippen LogP) is 3.62. The van der Waals surface area contributed by atoms with Gasteiger partial charge in [0.15, 0.2) is 0 Å². The first-order valence-corrected chi connectivity index (χ1v) is 6.77. The summed E-state index contributed by atoms with van der Waals surface area (Å²) in [7, 11) is 0. The van der Waals surface area contributed by atoms with E-state index >= 15 is 0 Å². The quantitative estimate of drug-likeness (QED) is 0.785. The molecule has 0 aliphatic carbocycles. The van der Waals surface area contributed by atoms with Crippen LogP contribution < -0.4 is 0 Å². The maximum absolute atomic E-state index is 10.6. The summed E-state index contributed by atoms with van der Waals surface area (Å²) >= 11 is 0. The minimum absolute atomic E-state index is 0.351. The number of hydrogen-bond acceptors (Lipinski definition) is 3. The molecule has 0 saturated carbocycles. The number of carbonyl (C=O) groups is 1. The Kier molecular flexibility index (Phi) is 3.93. The van der Waals surface area contributed by atoms with Gasteiger partial charge in [0.2, 0.25) is 0 Å². The molecule has 0 fully saturated rings. The van der Waals surface area contributed by atoms with Crippen molar-refractivity contribution >= 4 is 17.3 Å². The van der Waals surface area contributed by atoms with Crippen LogP contribution in [0.3, 0.4) is 0 Å². The summed E-state index contributed by atoms with van der Waals surface area (Å²) in [6.45, 7) is 8.55. The van der Waals surface area contributed by atoms with Crippen LogP contribution in [0, 0.1) is 0 Å². The van der Waals surface area contributed by atoms with E-state index in [1.807, 2.05) is 18.2 Å². The highest BCUT2D eigenvalue weighted by molar-refractivity contribution is 5.76. The van der Waals surface area contributed by atoms with Crippen LogP contribution in [0.2, 0.25) is 0 Å². The molecule has 0 amide bonds. The maximum Gasteiger partial charge on any atom is 0.124 e. The number of carbonyl (C=O) groups excluding carboxylic acids is 1. The van der Waals surface area contributed by atoms with Gasteiger partial charge in [-0.3, -0.25) is 0 Å². The molecule has 0 radical (unpaired) electrons. The molecule has 0 saturated heterocycles. The van der Waals surface area contributed by atoms with E-state index < -0.39 is 0 Å². The van der Waals surface area contributed by atoms with Crippen molar-refractivity contribution in [1.29, 1.82) is 0 Å². The molecule has 0 aliphatic heterocycles. The highest BCUT2D eigenvalue weighted by Gasteiger charge is 2.14. The van der Waals surface area contributed by atoms with Gasteiger partial charge in [-0.25, -0.2) is 9.97 Å². The first-order chi connectivity index (χ1) is 9.02. The third kappa shape index (κ3) is 2.80. The van der Waals surface area contributed by atoms with E-state index in [0.717, 1.165) is 34.3 Å². The fourth-order valence-electron chi connectivity index (χ4n) is 2.20. The summed E-state index contributed by atoms with van der Waals surface area (Å²) in [6.07, 6.45) is 1.35. The van der Waals surface area contributed by atoms with Crippen molar-refractivity contribution in [1.82, 2.24) is 9.97 Å². The number of hydrogen-bond donors (Lipinski definition) is 0. The van der Waals surface area contributed by atoms with Gasteiger partial charge in [0.25, 0.3) is 0 Å². The van der Waals surface area contributed by atoms with Crippen molar-refractivity contribution in [2.24, 2.45) is 0 Å². The normalized spacial score (nSPS) is 11.5. The van der Waals surface area contributed by atoms with Crippen LogP contribution in [0.4, 0.5) is 0 Å². The summed E-state index contributed by atoms with van der Waals surface area (Å²) in [5.41, 5.74) is 4.91. The predicted molar refractivity (Wildman–Crippen MR) is 77.5 cm³/mol. The summed E-state index contributed by atoms with van der Waals surface area (Å²) in [4.78, 5) is 20.1. The SMILES string of the molecule is CC(C)c1nc2ccc(CC=O)cc2nc1C(C)C. The number of aldehydes is 1. The van der Waals surface area contributed by atoms with Gasteiger partial charge in [-0.1, -0.05) is 33.8 Å². The van der Waals surface area contributed by atoms with E-state index in [0.29, 0.717) is 18.3 Å². The topological polar surface area (TPSA) is 42.9 Å². The molecule has 3 heteroatoms.